The van der Waals surface area contributed by atoms with Crippen molar-refractivity contribution in [2.45, 2.75) is 70.0 Å². The minimum Gasteiger partial charge on any atom is -0.389 e. The van der Waals surface area contributed by atoms with E-state index in [1.807, 2.05) is 0 Å². The highest BCUT2D eigenvalue weighted by molar-refractivity contribution is 5.05. The number of aliphatic hydroxyl groups is 1. The molecule has 2 aliphatic rings. The van der Waals surface area contributed by atoms with Crippen molar-refractivity contribution in [3.05, 3.63) is 0 Å². The van der Waals surface area contributed by atoms with Crippen molar-refractivity contribution < 1.29 is 9.84 Å². The zero-order chi connectivity index (χ0) is 12.6. The van der Waals surface area contributed by atoms with Gasteiger partial charge in [-0.25, -0.2) is 0 Å². The molecule has 0 amide bonds. The van der Waals surface area contributed by atoms with E-state index in [0.717, 1.165) is 25.7 Å². The largest absolute Gasteiger partial charge is 0.389 e. The quantitative estimate of drug-likeness (QED) is 0.779. The van der Waals surface area contributed by atoms with Gasteiger partial charge in [-0.15, -0.1) is 0 Å². The first-order chi connectivity index (χ1) is 7.93. The van der Waals surface area contributed by atoms with Crippen molar-refractivity contribution in [2.75, 3.05) is 13.2 Å². The van der Waals surface area contributed by atoms with Crippen LogP contribution < -0.4 is 5.73 Å². The van der Waals surface area contributed by atoms with Crippen LogP contribution in [0.5, 0.6) is 0 Å². The smallest absolute Gasteiger partial charge is 0.0764 e. The Balaban J connectivity index is 2.22. The fourth-order valence-electron chi connectivity index (χ4n) is 3.88. The SMILES string of the molecule is CC1(C)CC(O)(C2(CN)CCCCC2)CCO1. The van der Waals surface area contributed by atoms with E-state index >= 15 is 0 Å². The average Bonchev–Trinajstić information content (AvgIpc) is 2.28. The van der Waals surface area contributed by atoms with Gasteiger partial charge in [0.2, 0.25) is 0 Å². The summed E-state index contributed by atoms with van der Waals surface area (Å²) in [5.74, 6) is 0. The molecular weight excluding hydrogens is 214 g/mol. The molecule has 0 spiro atoms. The van der Waals surface area contributed by atoms with Gasteiger partial charge in [0.1, 0.15) is 0 Å². The highest BCUT2D eigenvalue weighted by atomic mass is 16.5. The highest BCUT2D eigenvalue weighted by Crippen LogP contribution is 2.51. The average molecular weight is 241 g/mol. The van der Waals surface area contributed by atoms with Gasteiger partial charge in [-0.05, 0) is 26.7 Å². The summed E-state index contributed by atoms with van der Waals surface area (Å²) in [5, 5.41) is 11.1. The molecular formula is C14H27NO2. The van der Waals surface area contributed by atoms with E-state index < -0.39 is 5.60 Å². The first kappa shape index (κ1) is 13.3. The predicted octanol–water partition coefficient (Wildman–Crippen LogP) is 2.22. The molecule has 3 heteroatoms. The summed E-state index contributed by atoms with van der Waals surface area (Å²) in [6.07, 6.45) is 7.33. The molecule has 3 nitrogen and oxygen atoms in total. The van der Waals surface area contributed by atoms with Gasteiger partial charge >= 0.3 is 0 Å². The number of hydrogen-bond acceptors (Lipinski definition) is 3. The highest BCUT2D eigenvalue weighted by Gasteiger charge is 2.53. The summed E-state index contributed by atoms with van der Waals surface area (Å²) < 4.78 is 5.74. The second-order valence-electron chi connectivity index (χ2n) is 6.61. The molecule has 0 aromatic heterocycles. The normalized spacial score (nSPS) is 36.7. The van der Waals surface area contributed by atoms with Gasteiger partial charge < -0.3 is 15.6 Å². The Hall–Kier alpha value is -0.120. The standard InChI is InChI=1S/C14H27NO2/c1-12(2)10-14(16,8-9-17-12)13(11-15)6-4-3-5-7-13/h16H,3-11,15H2,1-2H3. The van der Waals surface area contributed by atoms with Crippen LogP contribution in [0.25, 0.3) is 0 Å². The topological polar surface area (TPSA) is 55.5 Å². The van der Waals surface area contributed by atoms with E-state index in [9.17, 15) is 5.11 Å². The molecule has 17 heavy (non-hydrogen) atoms. The van der Waals surface area contributed by atoms with Crippen molar-refractivity contribution >= 4 is 0 Å². The van der Waals surface area contributed by atoms with Crippen LogP contribution in [-0.4, -0.2) is 29.5 Å². The zero-order valence-electron chi connectivity index (χ0n) is 11.3. The Morgan fingerprint density at radius 3 is 2.29 bits per heavy atom. The van der Waals surface area contributed by atoms with Crippen LogP contribution in [0.2, 0.25) is 0 Å². The molecule has 2 fully saturated rings. The van der Waals surface area contributed by atoms with Crippen LogP contribution in [0.3, 0.4) is 0 Å². The van der Waals surface area contributed by atoms with Crippen LogP contribution >= 0.6 is 0 Å². The van der Waals surface area contributed by atoms with E-state index in [1.54, 1.807) is 0 Å². The minimum atomic E-state index is -0.621. The summed E-state index contributed by atoms with van der Waals surface area (Å²) in [6, 6.07) is 0. The van der Waals surface area contributed by atoms with Gasteiger partial charge in [0, 0.05) is 24.8 Å². The Bertz CT molecular complexity index is 271. The number of ether oxygens (including phenoxy) is 1. The van der Waals surface area contributed by atoms with Crippen molar-refractivity contribution in [1.29, 1.82) is 0 Å². The molecule has 0 aromatic rings. The first-order valence-electron chi connectivity index (χ1n) is 7.00. The van der Waals surface area contributed by atoms with Crippen molar-refractivity contribution in [1.82, 2.24) is 0 Å². The molecule has 0 radical (unpaired) electrons. The maximum absolute atomic E-state index is 11.1. The molecule has 100 valence electrons. The monoisotopic (exact) mass is 241 g/mol. The molecule has 0 bridgehead atoms. The van der Waals surface area contributed by atoms with Crippen LogP contribution in [0, 0.1) is 5.41 Å². The molecule has 1 heterocycles. The van der Waals surface area contributed by atoms with Gasteiger partial charge in [-0.1, -0.05) is 19.3 Å². The van der Waals surface area contributed by atoms with Crippen molar-refractivity contribution in [3.63, 3.8) is 0 Å². The lowest BCUT2D eigenvalue weighted by Crippen LogP contribution is -2.59. The van der Waals surface area contributed by atoms with Gasteiger partial charge in [-0.3, -0.25) is 0 Å². The third kappa shape index (κ3) is 2.38. The van der Waals surface area contributed by atoms with E-state index in [1.165, 1.54) is 19.3 Å². The second-order valence-corrected chi connectivity index (χ2v) is 6.61. The van der Waals surface area contributed by atoms with E-state index in [0.29, 0.717) is 13.2 Å². The van der Waals surface area contributed by atoms with Crippen LogP contribution in [0.1, 0.15) is 58.8 Å². The third-order valence-electron chi connectivity index (χ3n) is 4.92. The van der Waals surface area contributed by atoms with Crippen LogP contribution in [-0.2, 0) is 4.74 Å². The maximum Gasteiger partial charge on any atom is 0.0764 e. The summed E-state index contributed by atoms with van der Waals surface area (Å²) in [7, 11) is 0. The molecule has 1 saturated carbocycles. The summed E-state index contributed by atoms with van der Waals surface area (Å²) in [4.78, 5) is 0. The van der Waals surface area contributed by atoms with E-state index in [-0.39, 0.29) is 11.0 Å². The molecule has 1 unspecified atom stereocenters. The Morgan fingerprint density at radius 1 is 1.12 bits per heavy atom. The molecule has 1 atom stereocenters. The third-order valence-corrected chi connectivity index (χ3v) is 4.92. The molecule has 1 saturated heterocycles. The maximum atomic E-state index is 11.1. The number of hydrogen-bond donors (Lipinski definition) is 2. The molecule has 2 rings (SSSR count). The second kappa shape index (κ2) is 4.52. The molecule has 0 aromatic carbocycles. The van der Waals surface area contributed by atoms with Crippen molar-refractivity contribution in [3.8, 4) is 0 Å². The van der Waals surface area contributed by atoms with Crippen LogP contribution in [0.4, 0.5) is 0 Å². The van der Waals surface area contributed by atoms with Gasteiger partial charge in [0.25, 0.3) is 0 Å². The van der Waals surface area contributed by atoms with E-state index in [4.69, 9.17) is 10.5 Å². The number of nitrogens with two attached hydrogens (primary N) is 1. The first-order valence-corrected chi connectivity index (χ1v) is 7.00. The van der Waals surface area contributed by atoms with E-state index in [2.05, 4.69) is 13.8 Å². The summed E-state index contributed by atoms with van der Waals surface area (Å²) >= 11 is 0. The molecule has 1 aliphatic heterocycles. The number of rotatable bonds is 2. The fraction of sp³-hybridized carbons (Fsp3) is 1.00. The van der Waals surface area contributed by atoms with Gasteiger partial charge in [-0.2, -0.15) is 0 Å². The zero-order valence-corrected chi connectivity index (χ0v) is 11.3. The van der Waals surface area contributed by atoms with Gasteiger partial charge in [0.05, 0.1) is 17.8 Å². The lowest BCUT2D eigenvalue weighted by Gasteiger charge is -2.54. The Kier molecular flexibility index (Phi) is 3.54. The fourth-order valence-corrected chi connectivity index (χ4v) is 3.88. The van der Waals surface area contributed by atoms with Gasteiger partial charge in [0.15, 0.2) is 0 Å². The van der Waals surface area contributed by atoms with Crippen LogP contribution in [0.15, 0.2) is 0 Å². The minimum absolute atomic E-state index is 0.0632. The summed E-state index contributed by atoms with van der Waals surface area (Å²) in [6.45, 7) is 5.42. The predicted molar refractivity (Wildman–Crippen MR) is 68.8 cm³/mol. The molecule has 1 aliphatic carbocycles. The Morgan fingerprint density at radius 2 is 1.76 bits per heavy atom. The Labute approximate surface area is 105 Å². The lowest BCUT2D eigenvalue weighted by molar-refractivity contribution is -0.200. The van der Waals surface area contributed by atoms with Crippen molar-refractivity contribution in [2.24, 2.45) is 11.1 Å². The summed E-state index contributed by atoms with van der Waals surface area (Å²) in [5.41, 5.74) is 5.14. The molecule has 3 N–H and O–H groups in total. The lowest BCUT2D eigenvalue weighted by atomic mass is 9.59.